The highest BCUT2D eigenvalue weighted by Crippen LogP contribution is 2.34. The Bertz CT molecular complexity index is 591. The number of anilines is 1. The highest BCUT2D eigenvalue weighted by molar-refractivity contribution is 9.10. The summed E-state index contributed by atoms with van der Waals surface area (Å²) in [4.78, 5) is 13.6. The molecule has 20 heavy (non-hydrogen) atoms. The number of nitrogens with one attached hydrogen (secondary N) is 1. The lowest BCUT2D eigenvalue weighted by molar-refractivity contribution is 0.695. The van der Waals surface area contributed by atoms with Gasteiger partial charge in [0.2, 0.25) is 0 Å². The van der Waals surface area contributed by atoms with Crippen LogP contribution in [0.2, 0.25) is 0 Å². The van der Waals surface area contributed by atoms with Crippen LogP contribution in [0.1, 0.15) is 37.3 Å². The number of aromatic nitrogens is 3. The summed E-state index contributed by atoms with van der Waals surface area (Å²) in [6, 6.07) is 5.97. The van der Waals surface area contributed by atoms with E-state index in [1.54, 1.807) is 6.20 Å². The quantitative estimate of drug-likeness (QED) is 0.922. The number of rotatable bonds is 3. The first kappa shape index (κ1) is 13.5. The molecule has 0 aromatic carbocycles. The van der Waals surface area contributed by atoms with Crippen LogP contribution in [-0.4, -0.2) is 22.0 Å². The summed E-state index contributed by atoms with van der Waals surface area (Å²) in [7, 11) is 1.89. The molecule has 2 aromatic rings. The van der Waals surface area contributed by atoms with Crippen molar-refractivity contribution in [2.75, 3.05) is 12.4 Å². The molecule has 2 heterocycles. The van der Waals surface area contributed by atoms with E-state index < -0.39 is 0 Å². The van der Waals surface area contributed by atoms with Crippen molar-refractivity contribution in [3.05, 3.63) is 34.6 Å². The van der Waals surface area contributed by atoms with Crippen LogP contribution in [0.3, 0.4) is 0 Å². The molecule has 0 atom stereocenters. The minimum absolute atomic E-state index is 0.569. The molecule has 4 nitrogen and oxygen atoms in total. The number of hydrogen-bond donors (Lipinski definition) is 1. The normalized spacial score (nSPS) is 15.5. The maximum Gasteiger partial charge on any atom is 0.180 e. The average molecular weight is 333 g/mol. The fourth-order valence-electron chi connectivity index (χ4n) is 2.65. The molecule has 0 bridgehead atoms. The molecular formula is C15H17BrN4. The largest absolute Gasteiger partial charge is 0.373 e. The molecule has 5 heteroatoms. The molecule has 0 radical (unpaired) electrons. The molecule has 104 valence electrons. The molecule has 0 unspecified atom stereocenters. The van der Waals surface area contributed by atoms with Crippen molar-refractivity contribution in [1.82, 2.24) is 15.0 Å². The molecule has 1 fully saturated rings. The first-order valence-corrected chi connectivity index (χ1v) is 7.74. The summed E-state index contributed by atoms with van der Waals surface area (Å²) in [5.74, 6) is 2.13. The minimum Gasteiger partial charge on any atom is -0.373 e. The fraction of sp³-hybridized carbons (Fsp3) is 0.400. The molecule has 1 N–H and O–H groups in total. The summed E-state index contributed by atoms with van der Waals surface area (Å²) in [5.41, 5.74) is 1.95. The second kappa shape index (κ2) is 5.87. The Balaban J connectivity index is 2.01. The molecule has 0 spiro atoms. The Morgan fingerprint density at radius 2 is 2.00 bits per heavy atom. The van der Waals surface area contributed by atoms with E-state index in [-0.39, 0.29) is 0 Å². The summed E-state index contributed by atoms with van der Waals surface area (Å²) in [6.07, 6.45) is 6.84. The number of pyridine rings is 1. The van der Waals surface area contributed by atoms with Crippen LogP contribution in [0.5, 0.6) is 0 Å². The van der Waals surface area contributed by atoms with Gasteiger partial charge >= 0.3 is 0 Å². The van der Waals surface area contributed by atoms with Gasteiger partial charge < -0.3 is 5.32 Å². The number of halogens is 1. The van der Waals surface area contributed by atoms with Gasteiger partial charge in [0, 0.05) is 35.4 Å². The third-order valence-electron chi connectivity index (χ3n) is 3.73. The molecule has 0 saturated heterocycles. The second-order valence-electron chi connectivity index (χ2n) is 5.09. The van der Waals surface area contributed by atoms with Gasteiger partial charge in [0.05, 0.1) is 0 Å². The zero-order valence-electron chi connectivity index (χ0n) is 11.4. The van der Waals surface area contributed by atoms with Crippen LogP contribution in [0.25, 0.3) is 11.5 Å². The van der Waals surface area contributed by atoms with Gasteiger partial charge in [0.25, 0.3) is 0 Å². The van der Waals surface area contributed by atoms with Crippen LogP contribution in [0.15, 0.2) is 28.9 Å². The minimum atomic E-state index is 0.569. The Morgan fingerprint density at radius 1 is 1.20 bits per heavy atom. The Labute approximate surface area is 127 Å². The van der Waals surface area contributed by atoms with E-state index in [4.69, 9.17) is 4.98 Å². The summed E-state index contributed by atoms with van der Waals surface area (Å²) >= 11 is 3.40. The highest BCUT2D eigenvalue weighted by atomic mass is 79.9. The topological polar surface area (TPSA) is 50.7 Å². The van der Waals surface area contributed by atoms with Gasteiger partial charge in [-0.1, -0.05) is 12.8 Å². The molecule has 0 amide bonds. The average Bonchev–Trinajstić information content (AvgIpc) is 3.02. The van der Waals surface area contributed by atoms with Gasteiger partial charge in [-0.2, -0.15) is 0 Å². The Hall–Kier alpha value is -1.49. The van der Waals surface area contributed by atoms with E-state index in [9.17, 15) is 0 Å². The van der Waals surface area contributed by atoms with E-state index in [1.165, 1.54) is 25.7 Å². The summed E-state index contributed by atoms with van der Waals surface area (Å²) < 4.78 is 0.960. The maximum atomic E-state index is 4.73. The lowest BCUT2D eigenvalue weighted by Gasteiger charge is -2.12. The third kappa shape index (κ3) is 2.82. The first-order valence-electron chi connectivity index (χ1n) is 6.95. The highest BCUT2D eigenvalue weighted by Gasteiger charge is 2.20. The van der Waals surface area contributed by atoms with Crippen molar-refractivity contribution in [2.45, 2.75) is 31.6 Å². The van der Waals surface area contributed by atoms with Crippen LogP contribution in [0, 0.1) is 0 Å². The van der Waals surface area contributed by atoms with Crippen molar-refractivity contribution < 1.29 is 0 Å². The standard InChI is InChI=1S/C15H17BrN4/c1-17-14-8-13(10-4-2-3-5-10)19-15(20-14)12-7-6-11(16)9-18-12/h6-10H,2-5H2,1H3,(H,17,19,20). The van der Waals surface area contributed by atoms with Crippen LogP contribution in [0.4, 0.5) is 5.82 Å². The third-order valence-corrected chi connectivity index (χ3v) is 4.20. The lowest BCUT2D eigenvalue weighted by Crippen LogP contribution is -2.04. The molecule has 1 aliphatic carbocycles. The molecule has 1 aliphatic rings. The molecule has 1 saturated carbocycles. The van der Waals surface area contributed by atoms with E-state index in [2.05, 4.69) is 37.3 Å². The van der Waals surface area contributed by atoms with Crippen molar-refractivity contribution in [1.29, 1.82) is 0 Å². The predicted molar refractivity (Wildman–Crippen MR) is 83.7 cm³/mol. The monoisotopic (exact) mass is 332 g/mol. The van der Waals surface area contributed by atoms with Crippen molar-refractivity contribution >= 4 is 21.7 Å². The smallest absolute Gasteiger partial charge is 0.180 e. The van der Waals surface area contributed by atoms with Gasteiger partial charge in [0.15, 0.2) is 5.82 Å². The van der Waals surface area contributed by atoms with Gasteiger partial charge in [-0.05, 0) is 40.9 Å². The van der Waals surface area contributed by atoms with E-state index in [1.807, 2.05) is 19.2 Å². The zero-order valence-corrected chi connectivity index (χ0v) is 13.0. The number of nitrogens with zero attached hydrogens (tertiary/aromatic N) is 3. The number of hydrogen-bond acceptors (Lipinski definition) is 4. The summed E-state index contributed by atoms with van der Waals surface area (Å²) in [5, 5.41) is 3.12. The molecule has 2 aromatic heterocycles. The van der Waals surface area contributed by atoms with E-state index in [0.29, 0.717) is 11.7 Å². The Morgan fingerprint density at radius 3 is 2.65 bits per heavy atom. The fourth-order valence-corrected chi connectivity index (χ4v) is 2.88. The second-order valence-corrected chi connectivity index (χ2v) is 6.01. The van der Waals surface area contributed by atoms with E-state index in [0.717, 1.165) is 21.7 Å². The summed E-state index contributed by atoms with van der Waals surface area (Å²) in [6.45, 7) is 0. The first-order chi connectivity index (χ1) is 9.76. The molecule has 3 rings (SSSR count). The van der Waals surface area contributed by atoms with Crippen LogP contribution in [-0.2, 0) is 0 Å². The van der Waals surface area contributed by atoms with Crippen molar-refractivity contribution in [2.24, 2.45) is 0 Å². The van der Waals surface area contributed by atoms with Gasteiger partial charge in [-0.25, -0.2) is 9.97 Å². The van der Waals surface area contributed by atoms with Crippen molar-refractivity contribution in [3.63, 3.8) is 0 Å². The van der Waals surface area contributed by atoms with Gasteiger partial charge in [-0.3, -0.25) is 4.98 Å². The molecule has 0 aliphatic heterocycles. The SMILES string of the molecule is CNc1cc(C2CCCC2)nc(-c2ccc(Br)cn2)n1. The van der Waals surface area contributed by atoms with Gasteiger partial charge in [0.1, 0.15) is 11.5 Å². The van der Waals surface area contributed by atoms with Crippen LogP contribution < -0.4 is 5.32 Å². The lowest BCUT2D eigenvalue weighted by atomic mass is 10.0. The maximum absolute atomic E-state index is 4.73. The van der Waals surface area contributed by atoms with Crippen LogP contribution >= 0.6 is 15.9 Å². The Kier molecular flexibility index (Phi) is 3.96. The molecular weight excluding hydrogens is 316 g/mol. The van der Waals surface area contributed by atoms with Gasteiger partial charge in [-0.15, -0.1) is 0 Å². The predicted octanol–water partition coefficient (Wildman–Crippen LogP) is 4.00. The zero-order chi connectivity index (χ0) is 13.9. The van der Waals surface area contributed by atoms with E-state index >= 15 is 0 Å². The van der Waals surface area contributed by atoms with Crippen molar-refractivity contribution in [3.8, 4) is 11.5 Å².